The Morgan fingerprint density at radius 1 is 1.04 bits per heavy atom. The van der Waals surface area contributed by atoms with Gasteiger partial charge in [0.05, 0.1) is 0 Å². The second-order valence-corrected chi connectivity index (χ2v) is 6.68. The van der Waals surface area contributed by atoms with Gasteiger partial charge in [-0.15, -0.1) is 0 Å². The summed E-state index contributed by atoms with van der Waals surface area (Å²) in [5, 5.41) is 0. The maximum atomic E-state index is 12.6. The molecule has 24 heavy (non-hydrogen) atoms. The number of hydrogen-bond donors (Lipinski definition) is 0. The molecular weight excluding hydrogens is 296 g/mol. The number of fused-ring (bicyclic) bond motifs is 1. The summed E-state index contributed by atoms with van der Waals surface area (Å²) in [4.78, 5) is 19.0. The lowest BCUT2D eigenvalue weighted by molar-refractivity contribution is -0.120. The van der Waals surface area contributed by atoms with E-state index in [1.165, 1.54) is 6.42 Å². The third-order valence-corrected chi connectivity index (χ3v) is 5.25. The van der Waals surface area contributed by atoms with Crippen molar-refractivity contribution in [2.75, 3.05) is 4.90 Å². The minimum absolute atomic E-state index is 0.122. The van der Waals surface area contributed by atoms with Crippen LogP contribution in [0.15, 0.2) is 48.7 Å². The highest BCUT2D eigenvalue weighted by molar-refractivity contribution is 5.97. The van der Waals surface area contributed by atoms with E-state index in [4.69, 9.17) is 0 Å². The van der Waals surface area contributed by atoms with Gasteiger partial charge in [0.25, 0.3) is 0 Å². The molecule has 1 saturated carbocycles. The van der Waals surface area contributed by atoms with E-state index in [1.54, 1.807) is 6.20 Å². The fourth-order valence-electron chi connectivity index (χ4n) is 3.99. The summed E-state index contributed by atoms with van der Waals surface area (Å²) >= 11 is 0. The fourth-order valence-corrected chi connectivity index (χ4v) is 3.99. The summed E-state index contributed by atoms with van der Waals surface area (Å²) in [5.41, 5.74) is 1.85. The van der Waals surface area contributed by atoms with Crippen molar-refractivity contribution in [3.8, 4) is 11.8 Å². The molecule has 1 aromatic carbocycles. The molecule has 3 nitrogen and oxygen atoms in total. The molecule has 1 saturated heterocycles. The quantitative estimate of drug-likeness (QED) is 0.753. The average molecular weight is 316 g/mol. The number of benzene rings is 1. The summed E-state index contributed by atoms with van der Waals surface area (Å²) in [6.45, 7) is 2.06. The molecule has 2 heterocycles. The number of pyridine rings is 1. The van der Waals surface area contributed by atoms with Crippen molar-refractivity contribution in [3.05, 3.63) is 59.8 Å². The molecule has 1 aliphatic carbocycles. The van der Waals surface area contributed by atoms with E-state index in [0.29, 0.717) is 12.0 Å². The zero-order valence-corrected chi connectivity index (χ0v) is 13.8. The lowest BCUT2D eigenvalue weighted by Gasteiger charge is -2.22. The number of anilines is 1. The maximum absolute atomic E-state index is 12.6. The number of hydrogen-bond acceptors (Lipinski definition) is 2. The summed E-state index contributed by atoms with van der Waals surface area (Å²) in [6, 6.07) is 14.1. The molecule has 1 aliphatic heterocycles. The van der Waals surface area contributed by atoms with Gasteiger partial charge < -0.3 is 0 Å². The van der Waals surface area contributed by atoms with Crippen molar-refractivity contribution in [3.63, 3.8) is 0 Å². The molecule has 1 amide bonds. The van der Waals surface area contributed by atoms with Crippen LogP contribution in [0.25, 0.3) is 0 Å². The molecule has 0 spiro atoms. The Balaban J connectivity index is 1.56. The van der Waals surface area contributed by atoms with Gasteiger partial charge >= 0.3 is 0 Å². The molecule has 0 bridgehead atoms. The smallest absolute Gasteiger partial charge is 0.231 e. The van der Waals surface area contributed by atoms with E-state index in [9.17, 15) is 4.79 Å². The zero-order chi connectivity index (χ0) is 16.5. The van der Waals surface area contributed by atoms with Gasteiger partial charge in [-0.3, -0.25) is 9.69 Å². The van der Waals surface area contributed by atoms with Gasteiger partial charge in [-0.2, -0.15) is 0 Å². The number of carbonyl (C=O) groups excluding carboxylic acids is 1. The van der Waals surface area contributed by atoms with Gasteiger partial charge in [-0.05, 0) is 43.0 Å². The normalized spacial score (nSPS) is 25.3. The monoisotopic (exact) mass is 316 g/mol. The molecular formula is C21H20N2O. The van der Waals surface area contributed by atoms with Gasteiger partial charge in [-0.1, -0.05) is 43.4 Å². The number of nitrogens with zero attached hydrogens (tertiary/aromatic N) is 2. The van der Waals surface area contributed by atoms with E-state index in [1.807, 2.05) is 47.4 Å². The van der Waals surface area contributed by atoms with Crippen LogP contribution in [-0.2, 0) is 4.79 Å². The van der Waals surface area contributed by atoms with Crippen LogP contribution in [-0.4, -0.2) is 16.9 Å². The van der Waals surface area contributed by atoms with E-state index in [0.717, 1.165) is 29.8 Å². The van der Waals surface area contributed by atoms with Crippen molar-refractivity contribution >= 4 is 11.7 Å². The Hall–Kier alpha value is -2.60. The number of amides is 1. The lowest BCUT2D eigenvalue weighted by atomic mass is 9.94. The predicted octanol–water partition coefficient (Wildman–Crippen LogP) is 3.63. The predicted molar refractivity (Wildman–Crippen MR) is 94.4 cm³/mol. The number of rotatable bonds is 1. The molecule has 0 N–H and O–H groups in total. The largest absolute Gasteiger partial charge is 0.293 e. The van der Waals surface area contributed by atoms with E-state index in [2.05, 4.69) is 23.7 Å². The first-order valence-electron chi connectivity index (χ1n) is 8.60. The Morgan fingerprint density at radius 2 is 1.83 bits per heavy atom. The Labute approximate surface area is 142 Å². The van der Waals surface area contributed by atoms with Crippen molar-refractivity contribution in [1.29, 1.82) is 0 Å². The van der Waals surface area contributed by atoms with Crippen LogP contribution in [0.3, 0.4) is 0 Å². The standard InChI is InChI=1S/C21H20N2O/c1-15-18-8-5-9-19(18)23(21(15)24)20-13-12-17(14-22-20)11-10-16-6-3-2-4-7-16/h2-4,6-7,12-15,18-19H,5,8-9H2,1H3. The molecule has 3 atom stereocenters. The van der Waals surface area contributed by atoms with Crippen LogP contribution in [0.4, 0.5) is 5.82 Å². The summed E-state index contributed by atoms with van der Waals surface area (Å²) in [5.74, 6) is 7.87. The SMILES string of the molecule is CC1C(=O)N(c2ccc(C#Cc3ccccc3)cn2)C2CCCC12. The fraction of sp³-hybridized carbons (Fsp3) is 0.333. The highest BCUT2D eigenvalue weighted by atomic mass is 16.2. The van der Waals surface area contributed by atoms with E-state index >= 15 is 0 Å². The molecule has 0 radical (unpaired) electrons. The third kappa shape index (κ3) is 2.59. The van der Waals surface area contributed by atoms with Gasteiger partial charge in [-0.25, -0.2) is 4.98 Å². The molecule has 3 unspecified atom stereocenters. The minimum atomic E-state index is 0.122. The van der Waals surface area contributed by atoms with E-state index < -0.39 is 0 Å². The second-order valence-electron chi connectivity index (χ2n) is 6.68. The molecule has 1 aromatic heterocycles. The van der Waals surface area contributed by atoms with Gasteiger partial charge in [0.15, 0.2) is 0 Å². The molecule has 120 valence electrons. The molecule has 3 heteroatoms. The van der Waals surface area contributed by atoms with Crippen molar-refractivity contribution in [1.82, 2.24) is 4.98 Å². The first-order chi connectivity index (χ1) is 11.7. The van der Waals surface area contributed by atoms with Crippen LogP contribution in [0.2, 0.25) is 0 Å². The Bertz CT molecular complexity index is 801. The van der Waals surface area contributed by atoms with Gasteiger partial charge in [0.2, 0.25) is 5.91 Å². The highest BCUT2D eigenvalue weighted by Crippen LogP contribution is 2.43. The molecule has 2 fully saturated rings. The first-order valence-corrected chi connectivity index (χ1v) is 8.60. The van der Waals surface area contributed by atoms with Crippen LogP contribution < -0.4 is 4.90 Å². The third-order valence-electron chi connectivity index (χ3n) is 5.25. The zero-order valence-electron chi connectivity index (χ0n) is 13.8. The molecule has 2 aromatic rings. The number of carbonyl (C=O) groups is 1. The lowest BCUT2D eigenvalue weighted by Crippen LogP contribution is -2.34. The van der Waals surface area contributed by atoms with Crippen molar-refractivity contribution in [2.24, 2.45) is 11.8 Å². The van der Waals surface area contributed by atoms with Crippen LogP contribution in [0.1, 0.15) is 37.3 Å². The van der Waals surface area contributed by atoms with Crippen molar-refractivity contribution in [2.45, 2.75) is 32.2 Å². The van der Waals surface area contributed by atoms with Crippen molar-refractivity contribution < 1.29 is 4.79 Å². The number of aromatic nitrogens is 1. The maximum Gasteiger partial charge on any atom is 0.231 e. The first kappa shape index (κ1) is 15.0. The van der Waals surface area contributed by atoms with Crippen LogP contribution in [0, 0.1) is 23.7 Å². The summed E-state index contributed by atoms with van der Waals surface area (Å²) < 4.78 is 0. The van der Waals surface area contributed by atoms with Gasteiger partial charge in [0, 0.05) is 29.3 Å². The molecule has 4 rings (SSSR count). The summed E-state index contributed by atoms with van der Waals surface area (Å²) in [6.07, 6.45) is 5.24. The summed E-state index contributed by atoms with van der Waals surface area (Å²) in [7, 11) is 0. The average Bonchev–Trinajstić information content (AvgIpc) is 3.18. The highest BCUT2D eigenvalue weighted by Gasteiger charge is 2.48. The Morgan fingerprint density at radius 3 is 2.58 bits per heavy atom. The van der Waals surface area contributed by atoms with E-state index in [-0.39, 0.29) is 11.8 Å². The molecule has 2 aliphatic rings. The second kappa shape index (κ2) is 6.13. The Kier molecular flexibility index (Phi) is 3.82. The van der Waals surface area contributed by atoms with Gasteiger partial charge in [0.1, 0.15) is 5.82 Å². The van der Waals surface area contributed by atoms with Crippen LogP contribution >= 0.6 is 0 Å². The minimum Gasteiger partial charge on any atom is -0.293 e. The van der Waals surface area contributed by atoms with Crippen LogP contribution in [0.5, 0.6) is 0 Å². The topological polar surface area (TPSA) is 33.2 Å².